The lowest BCUT2D eigenvalue weighted by atomic mass is 10.1. The van der Waals surface area contributed by atoms with Crippen molar-refractivity contribution in [2.24, 2.45) is 0 Å². The third-order valence-electron chi connectivity index (χ3n) is 3.58. The van der Waals surface area contributed by atoms with E-state index in [4.69, 9.17) is 4.74 Å². The molecular weight excluding hydrogens is 300 g/mol. The zero-order valence-electron chi connectivity index (χ0n) is 12.2. The summed E-state index contributed by atoms with van der Waals surface area (Å²) in [5.74, 6) is 1.47. The van der Waals surface area contributed by atoms with E-state index in [0.717, 1.165) is 30.8 Å². The zero-order valence-corrected chi connectivity index (χ0v) is 13.1. The van der Waals surface area contributed by atoms with Crippen molar-refractivity contribution in [1.29, 1.82) is 0 Å². The number of rotatable bonds is 6. The second-order valence-corrected chi connectivity index (χ2v) is 6.08. The zero-order chi connectivity index (χ0) is 15.2. The molecule has 0 spiro atoms. The number of aliphatic hydroxyl groups is 1. The Morgan fingerprint density at radius 2 is 2.32 bits per heavy atom. The Kier molecular flexibility index (Phi) is 5.20. The minimum Gasteiger partial charge on any atom is -0.387 e. The Bertz CT molecular complexity index is 573. The van der Waals surface area contributed by atoms with Gasteiger partial charge in [0.05, 0.1) is 18.8 Å². The van der Waals surface area contributed by atoms with Crippen LogP contribution in [0.1, 0.15) is 24.5 Å². The summed E-state index contributed by atoms with van der Waals surface area (Å²) in [5.41, 5.74) is 0.921. The van der Waals surface area contributed by atoms with E-state index in [0.29, 0.717) is 25.0 Å². The first-order valence-electron chi connectivity index (χ1n) is 7.41. The van der Waals surface area contributed by atoms with E-state index < -0.39 is 6.10 Å². The average Bonchev–Trinajstić information content (AvgIpc) is 3.08. The van der Waals surface area contributed by atoms with Gasteiger partial charge in [0.1, 0.15) is 18.0 Å². The maximum Gasteiger partial charge on any atom is 0.131 e. The lowest BCUT2D eigenvalue weighted by molar-refractivity contribution is 0.0875. The SMILES string of the molecule is O[C@H](CNc1cc(N[C@@H]2CCCOC2)ncn1)c1ccsc1. The first-order chi connectivity index (χ1) is 10.8. The van der Waals surface area contributed by atoms with Gasteiger partial charge in [-0.25, -0.2) is 9.97 Å². The summed E-state index contributed by atoms with van der Waals surface area (Å²) in [6, 6.07) is 4.08. The largest absolute Gasteiger partial charge is 0.387 e. The van der Waals surface area contributed by atoms with E-state index in [1.54, 1.807) is 11.3 Å². The lowest BCUT2D eigenvalue weighted by Gasteiger charge is -2.23. The minimum atomic E-state index is -0.538. The van der Waals surface area contributed by atoms with Crippen LogP contribution >= 0.6 is 11.3 Å². The quantitative estimate of drug-likeness (QED) is 0.758. The van der Waals surface area contributed by atoms with Crippen molar-refractivity contribution in [3.05, 3.63) is 34.8 Å². The lowest BCUT2D eigenvalue weighted by Crippen LogP contribution is -2.30. The van der Waals surface area contributed by atoms with Gasteiger partial charge < -0.3 is 20.5 Å². The number of hydrogen-bond donors (Lipinski definition) is 3. The van der Waals surface area contributed by atoms with E-state index in [-0.39, 0.29) is 0 Å². The third kappa shape index (κ3) is 4.16. The van der Waals surface area contributed by atoms with Gasteiger partial charge in [0.2, 0.25) is 0 Å². The molecule has 0 aliphatic carbocycles. The number of nitrogens with zero attached hydrogens (tertiary/aromatic N) is 2. The highest BCUT2D eigenvalue weighted by Crippen LogP contribution is 2.18. The van der Waals surface area contributed by atoms with Gasteiger partial charge in [-0.1, -0.05) is 0 Å². The average molecular weight is 320 g/mol. The molecule has 2 aromatic rings. The number of ether oxygens (including phenoxy) is 1. The summed E-state index contributed by atoms with van der Waals surface area (Å²) in [7, 11) is 0. The highest BCUT2D eigenvalue weighted by Gasteiger charge is 2.14. The predicted octanol–water partition coefficient (Wildman–Crippen LogP) is 2.27. The molecule has 6 nitrogen and oxygen atoms in total. The fourth-order valence-electron chi connectivity index (χ4n) is 2.38. The molecule has 1 fully saturated rings. The highest BCUT2D eigenvalue weighted by molar-refractivity contribution is 7.07. The minimum absolute atomic E-state index is 0.299. The molecule has 3 N–H and O–H groups in total. The number of hydrogen-bond acceptors (Lipinski definition) is 7. The molecule has 1 saturated heterocycles. The van der Waals surface area contributed by atoms with Crippen LogP contribution in [0.15, 0.2) is 29.2 Å². The van der Waals surface area contributed by atoms with Gasteiger partial charge in [0.25, 0.3) is 0 Å². The van der Waals surface area contributed by atoms with Crippen LogP contribution < -0.4 is 10.6 Å². The topological polar surface area (TPSA) is 79.3 Å². The molecule has 3 heterocycles. The molecule has 1 aliphatic rings. The summed E-state index contributed by atoms with van der Waals surface area (Å²) < 4.78 is 5.45. The van der Waals surface area contributed by atoms with Crippen molar-refractivity contribution in [3.63, 3.8) is 0 Å². The van der Waals surface area contributed by atoms with Crippen LogP contribution in [-0.2, 0) is 4.74 Å². The first kappa shape index (κ1) is 15.2. The molecule has 2 aromatic heterocycles. The second-order valence-electron chi connectivity index (χ2n) is 5.30. The summed E-state index contributed by atoms with van der Waals surface area (Å²) in [5, 5.41) is 20.5. The number of aliphatic hydroxyl groups excluding tert-OH is 1. The van der Waals surface area contributed by atoms with Gasteiger partial charge in [-0.3, -0.25) is 0 Å². The van der Waals surface area contributed by atoms with Gasteiger partial charge >= 0.3 is 0 Å². The fraction of sp³-hybridized carbons (Fsp3) is 0.467. The number of nitrogens with one attached hydrogen (secondary N) is 2. The second kappa shape index (κ2) is 7.53. The normalized spacial score (nSPS) is 19.6. The smallest absolute Gasteiger partial charge is 0.131 e. The molecule has 0 radical (unpaired) electrons. The molecule has 0 bridgehead atoms. The Morgan fingerprint density at radius 3 is 3.09 bits per heavy atom. The van der Waals surface area contributed by atoms with Crippen molar-refractivity contribution in [1.82, 2.24) is 9.97 Å². The van der Waals surface area contributed by atoms with Crippen molar-refractivity contribution in [3.8, 4) is 0 Å². The molecule has 1 aliphatic heterocycles. The molecule has 7 heteroatoms. The van der Waals surface area contributed by atoms with Crippen molar-refractivity contribution >= 4 is 23.0 Å². The van der Waals surface area contributed by atoms with E-state index in [1.165, 1.54) is 6.33 Å². The monoisotopic (exact) mass is 320 g/mol. The molecular formula is C15H20N4O2S. The van der Waals surface area contributed by atoms with Crippen molar-refractivity contribution in [2.45, 2.75) is 25.0 Å². The Labute approximate surface area is 133 Å². The molecule has 0 saturated carbocycles. The Balaban J connectivity index is 1.54. The van der Waals surface area contributed by atoms with Crippen LogP contribution in [0, 0.1) is 0 Å². The van der Waals surface area contributed by atoms with Crippen LogP contribution in [-0.4, -0.2) is 40.9 Å². The standard InChI is InChI=1S/C15H20N4O2S/c20-13(11-3-5-22-9-11)7-16-14-6-15(18-10-17-14)19-12-2-1-4-21-8-12/h3,5-6,9-10,12-13,20H,1-2,4,7-8H2,(H2,16,17,18,19)/t12-,13-/m1/s1. The van der Waals surface area contributed by atoms with Gasteiger partial charge in [-0.05, 0) is 35.2 Å². The van der Waals surface area contributed by atoms with E-state index >= 15 is 0 Å². The third-order valence-corrected chi connectivity index (χ3v) is 4.29. The number of anilines is 2. The van der Waals surface area contributed by atoms with Gasteiger partial charge in [0, 0.05) is 19.2 Å². The first-order valence-corrected chi connectivity index (χ1v) is 8.36. The van der Waals surface area contributed by atoms with Gasteiger partial charge in [-0.15, -0.1) is 0 Å². The Hall–Kier alpha value is -1.70. The summed E-state index contributed by atoms with van der Waals surface area (Å²) in [6.07, 6.45) is 3.14. The molecule has 118 valence electrons. The molecule has 0 unspecified atom stereocenters. The van der Waals surface area contributed by atoms with Crippen molar-refractivity contribution in [2.75, 3.05) is 30.4 Å². The summed E-state index contributed by atoms with van der Waals surface area (Å²) in [4.78, 5) is 8.42. The highest BCUT2D eigenvalue weighted by atomic mass is 32.1. The molecule has 22 heavy (non-hydrogen) atoms. The van der Waals surface area contributed by atoms with Crippen LogP contribution in [0.2, 0.25) is 0 Å². The van der Waals surface area contributed by atoms with Gasteiger partial charge in [0.15, 0.2) is 0 Å². The fourth-order valence-corrected chi connectivity index (χ4v) is 3.09. The van der Waals surface area contributed by atoms with Crippen LogP contribution in [0.25, 0.3) is 0 Å². The Morgan fingerprint density at radius 1 is 1.41 bits per heavy atom. The van der Waals surface area contributed by atoms with Crippen molar-refractivity contribution < 1.29 is 9.84 Å². The van der Waals surface area contributed by atoms with E-state index in [9.17, 15) is 5.11 Å². The van der Waals surface area contributed by atoms with E-state index in [2.05, 4.69) is 20.6 Å². The molecule has 0 aromatic carbocycles. The van der Waals surface area contributed by atoms with Crippen LogP contribution in [0.5, 0.6) is 0 Å². The maximum atomic E-state index is 10.1. The number of aromatic nitrogens is 2. The predicted molar refractivity (Wildman–Crippen MR) is 87.3 cm³/mol. The molecule has 3 rings (SSSR count). The maximum absolute atomic E-state index is 10.1. The van der Waals surface area contributed by atoms with Gasteiger partial charge in [-0.2, -0.15) is 11.3 Å². The summed E-state index contributed by atoms with van der Waals surface area (Å²) in [6.45, 7) is 1.97. The number of thiophene rings is 1. The van der Waals surface area contributed by atoms with Crippen LogP contribution in [0.4, 0.5) is 11.6 Å². The summed E-state index contributed by atoms with van der Waals surface area (Å²) >= 11 is 1.58. The van der Waals surface area contributed by atoms with Crippen LogP contribution in [0.3, 0.4) is 0 Å². The van der Waals surface area contributed by atoms with E-state index in [1.807, 2.05) is 22.9 Å². The molecule has 0 amide bonds. The molecule has 2 atom stereocenters.